The molecule has 2 atom stereocenters. The molecular formula is C26H25NO5. The van der Waals surface area contributed by atoms with E-state index < -0.39 is 23.2 Å². The van der Waals surface area contributed by atoms with Gasteiger partial charge in [0.2, 0.25) is 5.91 Å². The second-order valence-corrected chi connectivity index (χ2v) is 7.91. The third-order valence-electron chi connectivity index (χ3n) is 6.13. The van der Waals surface area contributed by atoms with Gasteiger partial charge in [-0.15, -0.1) is 0 Å². The van der Waals surface area contributed by atoms with Crippen molar-refractivity contribution in [3.8, 4) is 5.75 Å². The highest BCUT2D eigenvalue weighted by molar-refractivity contribution is 5.97. The summed E-state index contributed by atoms with van der Waals surface area (Å²) in [5.74, 6) is -1.02. The number of nitrogens with one attached hydrogen (secondary N) is 1. The van der Waals surface area contributed by atoms with Crippen molar-refractivity contribution in [1.29, 1.82) is 0 Å². The number of carbonyl (C=O) groups is 2. The molecule has 1 amide bonds. The second kappa shape index (κ2) is 9.24. The molecule has 3 aromatic carbocycles. The van der Waals surface area contributed by atoms with Crippen molar-refractivity contribution in [1.82, 2.24) is 5.48 Å². The minimum absolute atomic E-state index is 0.0690. The van der Waals surface area contributed by atoms with E-state index in [0.717, 1.165) is 11.1 Å². The highest BCUT2D eigenvalue weighted by Gasteiger charge is 2.65. The van der Waals surface area contributed by atoms with Gasteiger partial charge in [0.15, 0.2) is 0 Å². The van der Waals surface area contributed by atoms with Crippen LogP contribution >= 0.6 is 0 Å². The zero-order chi connectivity index (χ0) is 22.6. The van der Waals surface area contributed by atoms with Gasteiger partial charge in [0.05, 0.1) is 19.6 Å². The van der Waals surface area contributed by atoms with E-state index in [1.54, 1.807) is 29.7 Å². The number of methoxy groups -OCH3 is 1. The molecule has 1 aliphatic rings. The molecule has 0 aromatic heterocycles. The van der Waals surface area contributed by atoms with Crippen LogP contribution in [0.15, 0.2) is 84.9 Å². The van der Waals surface area contributed by atoms with Gasteiger partial charge in [0, 0.05) is 5.92 Å². The average Bonchev–Trinajstić information content (AvgIpc) is 3.62. The van der Waals surface area contributed by atoms with Crippen molar-refractivity contribution in [3.05, 3.63) is 102 Å². The highest BCUT2D eigenvalue weighted by atomic mass is 16.5. The summed E-state index contributed by atoms with van der Waals surface area (Å²) in [6.07, 6.45) is 0.288. The molecule has 1 fully saturated rings. The second-order valence-electron chi connectivity index (χ2n) is 7.91. The Morgan fingerprint density at radius 2 is 1.53 bits per heavy atom. The van der Waals surface area contributed by atoms with Crippen LogP contribution in [-0.2, 0) is 19.7 Å². The standard InChI is InChI=1S/C26H25NO5/c1-31-25(29)26(16-23(26)24(28)27-30)20-12-14-21(15-13-20)32-17-22(18-8-4-2-5-9-18)19-10-6-3-7-11-19/h2-15,22-23,30H,16-17H2,1H3,(H,27,28)/t23-,26-/m1/s1. The zero-order valence-corrected chi connectivity index (χ0v) is 17.7. The fourth-order valence-electron chi connectivity index (χ4n) is 4.29. The highest BCUT2D eigenvalue weighted by Crippen LogP contribution is 2.55. The number of ether oxygens (including phenoxy) is 2. The van der Waals surface area contributed by atoms with E-state index in [1.807, 2.05) is 36.4 Å². The molecule has 0 saturated heterocycles. The summed E-state index contributed by atoms with van der Waals surface area (Å²) >= 11 is 0. The van der Waals surface area contributed by atoms with E-state index >= 15 is 0 Å². The number of rotatable bonds is 8. The van der Waals surface area contributed by atoms with Crippen LogP contribution in [0.3, 0.4) is 0 Å². The van der Waals surface area contributed by atoms with Crippen molar-refractivity contribution < 1.29 is 24.3 Å². The molecule has 0 aliphatic heterocycles. The van der Waals surface area contributed by atoms with Crippen LogP contribution in [0.4, 0.5) is 0 Å². The number of hydrogen-bond donors (Lipinski definition) is 2. The predicted octanol–water partition coefficient (Wildman–Crippen LogP) is 3.83. The lowest BCUT2D eigenvalue weighted by Gasteiger charge is -2.20. The first-order valence-corrected chi connectivity index (χ1v) is 10.5. The van der Waals surface area contributed by atoms with Gasteiger partial charge in [-0.05, 0) is 35.2 Å². The zero-order valence-electron chi connectivity index (χ0n) is 17.7. The van der Waals surface area contributed by atoms with Crippen LogP contribution in [0.5, 0.6) is 5.75 Å². The van der Waals surface area contributed by atoms with Gasteiger partial charge in [-0.1, -0.05) is 72.8 Å². The van der Waals surface area contributed by atoms with Crippen LogP contribution < -0.4 is 10.2 Å². The Morgan fingerprint density at radius 3 is 2.03 bits per heavy atom. The molecule has 0 radical (unpaired) electrons. The molecule has 1 saturated carbocycles. The lowest BCUT2D eigenvalue weighted by Crippen LogP contribution is -2.31. The Morgan fingerprint density at radius 1 is 0.969 bits per heavy atom. The molecule has 6 heteroatoms. The average molecular weight is 431 g/mol. The molecule has 0 spiro atoms. The van der Waals surface area contributed by atoms with E-state index in [2.05, 4.69) is 24.3 Å². The predicted molar refractivity (Wildman–Crippen MR) is 118 cm³/mol. The van der Waals surface area contributed by atoms with Gasteiger partial charge >= 0.3 is 5.97 Å². The smallest absolute Gasteiger partial charge is 0.317 e. The monoisotopic (exact) mass is 431 g/mol. The number of amides is 1. The van der Waals surface area contributed by atoms with Crippen LogP contribution in [0, 0.1) is 5.92 Å². The third kappa shape index (κ3) is 4.09. The van der Waals surface area contributed by atoms with E-state index in [4.69, 9.17) is 14.7 Å². The maximum atomic E-state index is 12.4. The Hall–Kier alpha value is -3.64. The van der Waals surface area contributed by atoms with Crippen molar-refractivity contribution >= 4 is 11.9 Å². The Kier molecular flexibility index (Phi) is 6.23. The number of esters is 1. The van der Waals surface area contributed by atoms with Crippen molar-refractivity contribution in [2.24, 2.45) is 5.92 Å². The minimum Gasteiger partial charge on any atom is -0.493 e. The van der Waals surface area contributed by atoms with E-state index in [-0.39, 0.29) is 12.3 Å². The number of hydroxylamine groups is 1. The molecule has 2 N–H and O–H groups in total. The summed E-state index contributed by atoms with van der Waals surface area (Å²) in [5, 5.41) is 8.96. The molecule has 1 aliphatic carbocycles. The summed E-state index contributed by atoms with van der Waals surface area (Å²) in [7, 11) is 1.29. The summed E-state index contributed by atoms with van der Waals surface area (Å²) < 4.78 is 11.0. The molecule has 32 heavy (non-hydrogen) atoms. The SMILES string of the molecule is COC(=O)[C@@]1(c2ccc(OCC(c3ccccc3)c3ccccc3)cc2)C[C@@H]1C(=O)NO. The summed E-state index contributed by atoms with van der Waals surface area (Å²) in [6, 6.07) is 27.5. The van der Waals surface area contributed by atoms with E-state index in [9.17, 15) is 9.59 Å². The van der Waals surface area contributed by atoms with Crippen LogP contribution in [0.2, 0.25) is 0 Å². The Labute approximate surface area is 186 Å². The minimum atomic E-state index is -1.07. The number of benzene rings is 3. The number of carbonyl (C=O) groups excluding carboxylic acids is 2. The maximum Gasteiger partial charge on any atom is 0.317 e. The summed E-state index contributed by atoms with van der Waals surface area (Å²) in [4.78, 5) is 24.3. The first-order chi connectivity index (χ1) is 15.6. The summed E-state index contributed by atoms with van der Waals surface area (Å²) in [6.45, 7) is 0.449. The fourth-order valence-corrected chi connectivity index (χ4v) is 4.29. The normalized spacial score (nSPS) is 19.3. The topological polar surface area (TPSA) is 84.9 Å². The van der Waals surface area contributed by atoms with Crippen molar-refractivity contribution in [3.63, 3.8) is 0 Å². The quantitative estimate of drug-likeness (QED) is 0.322. The number of hydrogen-bond acceptors (Lipinski definition) is 5. The molecule has 6 nitrogen and oxygen atoms in total. The van der Waals surface area contributed by atoms with Crippen LogP contribution in [0.1, 0.15) is 29.0 Å². The van der Waals surface area contributed by atoms with E-state index in [0.29, 0.717) is 17.9 Å². The largest absolute Gasteiger partial charge is 0.493 e. The van der Waals surface area contributed by atoms with Gasteiger partial charge in [-0.2, -0.15) is 0 Å². The van der Waals surface area contributed by atoms with Crippen LogP contribution in [0.25, 0.3) is 0 Å². The molecule has 164 valence electrons. The van der Waals surface area contributed by atoms with Crippen molar-refractivity contribution in [2.75, 3.05) is 13.7 Å². The van der Waals surface area contributed by atoms with Crippen LogP contribution in [-0.4, -0.2) is 30.8 Å². The first kappa shape index (κ1) is 21.6. The van der Waals surface area contributed by atoms with Gasteiger partial charge in [-0.3, -0.25) is 14.8 Å². The molecule has 3 aromatic rings. The van der Waals surface area contributed by atoms with Crippen molar-refractivity contribution in [2.45, 2.75) is 17.8 Å². The molecule has 0 heterocycles. The fraction of sp³-hybridized carbons (Fsp3) is 0.231. The Balaban J connectivity index is 1.52. The molecular weight excluding hydrogens is 406 g/mol. The van der Waals surface area contributed by atoms with Gasteiger partial charge in [0.25, 0.3) is 0 Å². The molecule has 0 bridgehead atoms. The lowest BCUT2D eigenvalue weighted by atomic mass is 9.92. The van der Waals surface area contributed by atoms with Gasteiger partial charge < -0.3 is 9.47 Å². The lowest BCUT2D eigenvalue weighted by molar-refractivity contribution is -0.146. The molecule has 0 unspecified atom stereocenters. The first-order valence-electron chi connectivity index (χ1n) is 10.5. The third-order valence-corrected chi connectivity index (χ3v) is 6.13. The van der Waals surface area contributed by atoms with Gasteiger partial charge in [-0.25, -0.2) is 5.48 Å². The van der Waals surface area contributed by atoms with Gasteiger partial charge in [0.1, 0.15) is 11.2 Å². The Bertz CT molecular complexity index is 1030. The van der Waals surface area contributed by atoms with E-state index in [1.165, 1.54) is 7.11 Å². The maximum absolute atomic E-state index is 12.4. The summed E-state index contributed by atoms with van der Waals surface area (Å²) in [5.41, 5.74) is 3.55. The molecule has 4 rings (SSSR count).